The molecular formula is C14H24N2O2. The van der Waals surface area contributed by atoms with Crippen LogP contribution in [0.2, 0.25) is 0 Å². The first-order valence-corrected chi connectivity index (χ1v) is 6.87. The molecule has 0 aliphatic heterocycles. The monoisotopic (exact) mass is 252 g/mol. The van der Waals surface area contributed by atoms with Crippen LogP contribution in [0.25, 0.3) is 0 Å². The maximum absolute atomic E-state index is 11.5. The second-order valence-electron chi connectivity index (χ2n) is 4.40. The summed E-state index contributed by atoms with van der Waals surface area (Å²) in [7, 11) is 0. The molecule has 4 nitrogen and oxygen atoms in total. The molecule has 18 heavy (non-hydrogen) atoms. The molecule has 1 aromatic rings. The molecular weight excluding hydrogens is 228 g/mol. The molecule has 1 N–H and O–H groups in total. The Kier molecular flexibility index (Phi) is 6.05. The molecule has 0 aliphatic carbocycles. The van der Waals surface area contributed by atoms with Gasteiger partial charge in [-0.25, -0.2) is 4.98 Å². The summed E-state index contributed by atoms with van der Waals surface area (Å²) in [6.07, 6.45) is 3.53. The van der Waals surface area contributed by atoms with E-state index in [0.29, 0.717) is 13.0 Å². The Bertz CT molecular complexity index is 397. The van der Waals surface area contributed by atoms with E-state index in [4.69, 9.17) is 5.11 Å². The molecule has 1 heterocycles. The highest BCUT2D eigenvalue weighted by Gasteiger charge is 2.14. The first-order chi connectivity index (χ1) is 8.67. The van der Waals surface area contributed by atoms with Gasteiger partial charge < -0.3 is 9.67 Å². The number of rotatable bonds is 8. The van der Waals surface area contributed by atoms with Crippen LogP contribution in [0.15, 0.2) is 0 Å². The highest BCUT2D eigenvalue weighted by atomic mass is 16.3. The lowest BCUT2D eigenvalue weighted by Gasteiger charge is -2.10. The summed E-state index contributed by atoms with van der Waals surface area (Å²) in [5.41, 5.74) is 2.41. The second kappa shape index (κ2) is 7.31. The van der Waals surface area contributed by atoms with E-state index in [9.17, 15) is 4.79 Å². The Labute approximate surface area is 109 Å². The molecule has 0 unspecified atom stereocenters. The fourth-order valence-corrected chi connectivity index (χ4v) is 2.29. The lowest BCUT2D eigenvalue weighted by atomic mass is 10.2. The zero-order valence-electron chi connectivity index (χ0n) is 11.7. The van der Waals surface area contributed by atoms with E-state index >= 15 is 0 Å². The highest BCUT2D eigenvalue weighted by Crippen LogP contribution is 2.15. The topological polar surface area (TPSA) is 55.1 Å². The smallest absolute Gasteiger partial charge is 0.136 e. The van der Waals surface area contributed by atoms with Crippen LogP contribution >= 0.6 is 0 Å². The SMILES string of the molecule is CCc1nc(CC)n(CCC(=O)CCO)c1CC. The van der Waals surface area contributed by atoms with Gasteiger partial charge in [-0.1, -0.05) is 20.8 Å². The van der Waals surface area contributed by atoms with Crippen molar-refractivity contribution in [1.82, 2.24) is 9.55 Å². The van der Waals surface area contributed by atoms with Gasteiger partial charge in [0.25, 0.3) is 0 Å². The van der Waals surface area contributed by atoms with Crippen molar-refractivity contribution in [2.45, 2.75) is 59.4 Å². The van der Waals surface area contributed by atoms with Gasteiger partial charge in [0.1, 0.15) is 11.6 Å². The maximum Gasteiger partial charge on any atom is 0.136 e. The second-order valence-corrected chi connectivity index (χ2v) is 4.40. The number of imidazole rings is 1. The number of aryl methyl sites for hydroxylation is 2. The van der Waals surface area contributed by atoms with E-state index in [1.54, 1.807) is 0 Å². The number of carbonyl (C=O) groups excluding carboxylic acids is 1. The van der Waals surface area contributed by atoms with Crippen LogP contribution in [-0.2, 0) is 30.6 Å². The van der Waals surface area contributed by atoms with Gasteiger partial charge in [0.2, 0.25) is 0 Å². The van der Waals surface area contributed by atoms with Gasteiger partial charge >= 0.3 is 0 Å². The van der Waals surface area contributed by atoms with E-state index in [0.717, 1.165) is 30.8 Å². The van der Waals surface area contributed by atoms with Crippen LogP contribution < -0.4 is 0 Å². The lowest BCUT2D eigenvalue weighted by Crippen LogP contribution is -2.12. The number of aromatic nitrogens is 2. The summed E-state index contributed by atoms with van der Waals surface area (Å²) in [6, 6.07) is 0. The molecule has 0 aromatic carbocycles. The minimum atomic E-state index is -0.0513. The average molecular weight is 252 g/mol. The van der Waals surface area contributed by atoms with Gasteiger partial charge in [0, 0.05) is 38.1 Å². The molecule has 0 spiro atoms. The lowest BCUT2D eigenvalue weighted by molar-refractivity contribution is -0.119. The number of hydrogen-bond donors (Lipinski definition) is 1. The molecule has 0 amide bonds. The Morgan fingerprint density at radius 2 is 1.89 bits per heavy atom. The first-order valence-electron chi connectivity index (χ1n) is 6.87. The summed E-state index contributed by atoms with van der Waals surface area (Å²) >= 11 is 0. The third kappa shape index (κ3) is 3.42. The number of hydrogen-bond acceptors (Lipinski definition) is 3. The van der Waals surface area contributed by atoms with E-state index in [-0.39, 0.29) is 18.8 Å². The maximum atomic E-state index is 11.5. The Hall–Kier alpha value is -1.16. The van der Waals surface area contributed by atoms with E-state index < -0.39 is 0 Å². The van der Waals surface area contributed by atoms with Crippen LogP contribution in [0.1, 0.15) is 50.8 Å². The highest BCUT2D eigenvalue weighted by molar-refractivity contribution is 5.78. The molecule has 1 rings (SSSR count). The normalized spacial score (nSPS) is 10.9. The summed E-state index contributed by atoms with van der Waals surface area (Å²) in [4.78, 5) is 16.1. The van der Waals surface area contributed by atoms with Crippen molar-refractivity contribution in [2.75, 3.05) is 6.61 Å². The van der Waals surface area contributed by atoms with Crippen molar-refractivity contribution in [2.24, 2.45) is 0 Å². The molecule has 0 aliphatic rings. The molecule has 0 atom stereocenters. The van der Waals surface area contributed by atoms with Crippen molar-refractivity contribution < 1.29 is 9.90 Å². The van der Waals surface area contributed by atoms with Crippen molar-refractivity contribution in [3.63, 3.8) is 0 Å². The zero-order chi connectivity index (χ0) is 13.5. The summed E-state index contributed by atoms with van der Waals surface area (Å²) in [5.74, 6) is 1.19. The van der Waals surface area contributed by atoms with E-state index in [1.165, 1.54) is 5.69 Å². The minimum absolute atomic E-state index is 0.0513. The van der Waals surface area contributed by atoms with Crippen LogP contribution in [0, 0.1) is 0 Å². The number of aliphatic hydroxyl groups is 1. The number of ketones is 1. The van der Waals surface area contributed by atoms with Gasteiger partial charge in [-0.15, -0.1) is 0 Å². The Balaban J connectivity index is 2.85. The molecule has 102 valence electrons. The zero-order valence-corrected chi connectivity index (χ0v) is 11.7. The average Bonchev–Trinajstić information content (AvgIpc) is 2.73. The molecule has 1 aromatic heterocycles. The summed E-state index contributed by atoms with van der Waals surface area (Å²) in [6.45, 7) is 6.97. The van der Waals surface area contributed by atoms with Gasteiger partial charge in [-0.3, -0.25) is 4.79 Å². The van der Waals surface area contributed by atoms with Crippen LogP contribution in [0.4, 0.5) is 0 Å². The quantitative estimate of drug-likeness (QED) is 0.769. The molecule has 0 saturated carbocycles. The first kappa shape index (κ1) is 14.9. The Morgan fingerprint density at radius 1 is 1.17 bits per heavy atom. The van der Waals surface area contributed by atoms with Crippen molar-refractivity contribution >= 4 is 5.78 Å². The predicted molar refractivity (Wildman–Crippen MR) is 71.7 cm³/mol. The number of carbonyl (C=O) groups is 1. The van der Waals surface area contributed by atoms with Crippen LogP contribution in [0.3, 0.4) is 0 Å². The van der Waals surface area contributed by atoms with Crippen LogP contribution in [0.5, 0.6) is 0 Å². The van der Waals surface area contributed by atoms with E-state index in [2.05, 4.69) is 30.3 Å². The molecule has 4 heteroatoms. The summed E-state index contributed by atoms with van der Waals surface area (Å²) in [5, 5.41) is 8.74. The van der Waals surface area contributed by atoms with Gasteiger partial charge in [-0.05, 0) is 12.8 Å². The fraction of sp³-hybridized carbons (Fsp3) is 0.714. The standard InChI is InChI=1S/C14H24N2O2/c1-4-12-13(5-2)16(14(6-3)15-12)9-7-11(18)8-10-17/h17H,4-10H2,1-3H3. The predicted octanol–water partition coefficient (Wildman–Crippen LogP) is 1.91. The van der Waals surface area contributed by atoms with Gasteiger partial charge in [0.15, 0.2) is 0 Å². The number of Topliss-reactive ketones (excluding diaryl/α,β-unsaturated/α-hetero) is 1. The molecule has 0 saturated heterocycles. The van der Waals surface area contributed by atoms with Gasteiger partial charge in [0.05, 0.1) is 5.69 Å². The molecule has 0 bridgehead atoms. The van der Waals surface area contributed by atoms with Crippen molar-refractivity contribution in [1.29, 1.82) is 0 Å². The summed E-state index contributed by atoms with van der Waals surface area (Å²) < 4.78 is 2.19. The van der Waals surface area contributed by atoms with Crippen molar-refractivity contribution in [3.05, 3.63) is 17.2 Å². The third-order valence-electron chi connectivity index (χ3n) is 3.23. The van der Waals surface area contributed by atoms with Crippen molar-refractivity contribution in [3.8, 4) is 0 Å². The van der Waals surface area contributed by atoms with Crippen LogP contribution in [-0.4, -0.2) is 27.0 Å². The molecule has 0 radical (unpaired) electrons. The third-order valence-corrected chi connectivity index (χ3v) is 3.23. The number of aliphatic hydroxyl groups excluding tert-OH is 1. The van der Waals surface area contributed by atoms with E-state index in [1.807, 2.05) is 0 Å². The minimum Gasteiger partial charge on any atom is -0.396 e. The number of nitrogens with zero attached hydrogens (tertiary/aromatic N) is 2. The Morgan fingerprint density at radius 3 is 2.39 bits per heavy atom. The molecule has 0 fully saturated rings. The fourth-order valence-electron chi connectivity index (χ4n) is 2.29. The largest absolute Gasteiger partial charge is 0.396 e. The van der Waals surface area contributed by atoms with Gasteiger partial charge in [-0.2, -0.15) is 0 Å².